The Balaban J connectivity index is 1.95. The van der Waals surface area contributed by atoms with E-state index in [9.17, 15) is 27.6 Å². The van der Waals surface area contributed by atoms with E-state index in [2.05, 4.69) is 4.74 Å². The Hall–Kier alpha value is -3.62. The Morgan fingerprint density at radius 3 is 2.47 bits per heavy atom. The molecule has 1 aromatic carbocycles. The number of hydrogen-bond acceptors (Lipinski definition) is 5. The summed E-state index contributed by atoms with van der Waals surface area (Å²) in [6.07, 6.45) is -0.650. The molecule has 1 atom stereocenters. The van der Waals surface area contributed by atoms with Crippen LogP contribution in [0.5, 0.6) is 0 Å². The maximum Gasteiger partial charge on any atom is 0.454 e. The molecule has 6 nitrogen and oxygen atoms in total. The second-order valence-corrected chi connectivity index (χ2v) is 7.37. The van der Waals surface area contributed by atoms with Gasteiger partial charge in [0, 0.05) is 49.3 Å². The molecule has 0 radical (unpaired) electrons. The Morgan fingerprint density at radius 1 is 1.16 bits per heavy atom. The van der Waals surface area contributed by atoms with Crippen molar-refractivity contribution in [3.8, 4) is 0 Å². The fourth-order valence-electron chi connectivity index (χ4n) is 3.65. The van der Waals surface area contributed by atoms with Gasteiger partial charge in [0.15, 0.2) is 5.78 Å². The number of ether oxygens (including phenoxy) is 1. The molecule has 1 aliphatic heterocycles. The Morgan fingerprint density at radius 2 is 1.84 bits per heavy atom. The summed E-state index contributed by atoms with van der Waals surface area (Å²) in [7, 11) is 4.34. The number of likely N-dealkylation sites (N-methyl/N-ethyl adjacent to an activating group) is 1. The number of benzene rings is 1. The normalized spacial score (nSPS) is 16.8. The van der Waals surface area contributed by atoms with Gasteiger partial charge in [-0.05, 0) is 29.9 Å². The largest absolute Gasteiger partial charge is 0.466 e. The van der Waals surface area contributed by atoms with E-state index in [-0.39, 0.29) is 12.0 Å². The van der Waals surface area contributed by atoms with Crippen molar-refractivity contribution in [1.29, 1.82) is 0 Å². The number of halogens is 3. The number of para-hydroxylation sites is 1. The molecular formula is C23H21F3N2O4. The molecule has 0 fully saturated rings. The van der Waals surface area contributed by atoms with Gasteiger partial charge >= 0.3 is 12.1 Å². The number of hydrogen-bond donors (Lipinski definition) is 0. The van der Waals surface area contributed by atoms with E-state index in [0.29, 0.717) is 5.69 Å². The second-order valence-electron chi connectivity index (χ2n) is 7.37. The quantitative estimate of drug-likeness (QED) is 0.384. The number of ketones is 2. The van der Waals surface area contributed by atoms with Gasteiger partial charge in [0.25, 0.3) is 5.78 Å². The minimum Gasteiger partial charge on any atom is -0.466 e. The summed E-state index contributed by atoms with van der Waals surface area (Å²) >= 11 is 0. The number of fused-ring (bicyclic) bond motifs is 1. The summed E-state index contributed by atoms with van der Waals surface area (Å²) < 4.78 is 46.0. The number of carbonyl (C=O) groups is 3. The number of methoxy groups -OCH3 is 1. The van der Waals surface area contributed by atoms with Crippen molar-refractivity contribution in [3.63, 3.8) is 0 Å². The fourth-order valence-corrected chi connectivity index (χ4v) is 3.65. The molecular weight excluding hydrogens is 425 g/mol. The lowest BCUT2D eigenvalue weighted by molar-refractivity contribution is -0.167. The first-order valence-electron chi connectivity index (χ1n) is 9.63. The summed E-state index contributed by atoms with van der Waals surface area (Å²) in [5.41, 5.74) is 0.766. The fraction of sp³-hybridized carbons (Fsp3) is 0.261. The molecule has 2 heterocycles. The standard InChI is InChI=1S/C23H21F3N2O4/c1-27-13-14(8-9-21(30)32-3)10-16(22(31)23(24,25)26)18(27)12-20(29)19-11-15-6-4-5-7-17(15)28(19)2/h4-11,13,18H,12H2,1-3H3/b9-8+. The van der Waals surface area contributed by atoms with E-state index in [1.807, 2.05) is 24.3 Å². The molecule has 32 heavy (non-hydrogen) atoms. The predicted molar refractivity (Wildman–Crippen MR) is 112 cm³/mol. The van der Waals surface area contributed by atoms with Crippen LogP contribution in [0.25, 0.3) is 10.9 Å². The molecule has 0 saturated carbocycles. The van der Waals surface area contributed by atoms with Gasteiger partial charge in [-0.2, -0.15) is 13.2 Å². The number of esters is 1. The Labute approximate surface area is 182 Å². The van der Waals surface area contributed by atoms with Crippen LogP contribution >= 0.6 is 0 Å². The first kappa shape index (κ1) is 23.1. The summed E-state index contributed by atoms with van der Waals surface area (Å²) in [5.74, 6) is -3.13. The van der Waals surface area contributed by atoms with Crippen LogP contribution in [0.2, 0.25) is 0 Å². The number of allylic oxidation sites excluding steroid dienone is 3. The van der Waals surface area contributed by atoms with Crippen molar-refractivity contribution in [1.82, 2.24) is 9.47 Å². The predicted octanol–water partition coefficient (Wildman–Crippen LogP) is 3.74. The molecule has 2 aromatic rings. The number of aryl methyl sites for hydroxylation is 1. The summed E-state index contributed by atoms with van der Waals surface area (Å²) in [5, 5.41) is 0.826. The highest BCUT2D eigenvalue weighted by Crippen LogP contribution is 2.31. The van der Waals surface area contributed by atoms with Gasteiger partial charge in [-0.15, -0.1) is 0 Å². The first-order valence-corrected chi connectivity index (χ1v) is 9.63. The number of carbonyl (C=O) groups excluding carboxylic acids is 3. The van der Waals surface area contributed by atoms with Gasteiger partial charge in [0.2, 0.25) is 0 Å². The van der Waals surface area contributed by atoms with Gasteiger partial charge < -0.3 is 14.2 Å². The van der Waals surface area contributed by atoms with Crippen LogP contribution in [-0.4, -0.2) is 53.4 Å². The van der Waals surface area contributed by atoms with Gasteiger partial charge in [-0.1, -0.05) is 18.2 Å². The Bertz CT molecular complexity index is 1170. The molecule has 1 unspecified atom stereocenters. The van der Waals surface area contributed by atoms with Crippen LogP contribution in [0.4, 0.5) is 13.2 Å². The van der Waals surface area contributed by atoms with Gasteiger partial charge in [-0.25, -0.2) is 4.79 Å². The average molecular weight is 446 g/mol. The molecule has 168 valence electrons. The van der Waals surface area contributed by atoms with E-state index in [1.165, 1.54) is 24.2 Å². The maximum absolute atomic E-state index is 13.3. The van der Waals surface area contributed by atoms with Gasteiger partial charge in [-0.3, -0.25) is 9.59 Å². The summed E-state index contributed by atoms with van der Waals surface area (Å²) in [4.78, 5) is 37.9. The SMILES string of the molecule is COC(=O)/C=C/C1=CN(C)C(CC(=O)c2cc3ccccc3n2C)C(C(=O)C(F)(F)F)=C1. The topological polar surface area (TPSA) is 68.6 Å². The summed E-state index contributed by atoms with van der Waals surface area (Å²) in [6.45, 7) is 0. The Kier molecular flexibility index (Phi) is 6.38. The minimum absolute atomic E-state index is 0.193. The molecule has 0 bridgehead atoms. The van der Waals surface area contributed by atoms with Crippen LogP contribution in [0, 0.1) is 0 Å². The number of rotatable bonds is 6. The van der Waals surface area contributed by atoms with Gasteiger partial charge in [0.05, 0.1) is 18.8 Å². The highest BCUT2D eigenvalue weighted by molar-refractivity contribution is 6.04. The van der Waals surface area contributed by atoms with Crippen molar-refractivity contribution < 1.29 is 32.3 Å². The third-order valence-corrected chi connectivity index (χ3v) is 5.27. The van der Waals surface area contributed by atoms with Crippen LogP contribution in [0.1, 0.15) is 16.9 Å². The van der Waals surface area contributed by atoms with Crippen molar-refractivity contribution in [2.45, 2.75) is 18.6 Å². The molecule has 0 N–H and O–H groups in total. The highest BCUT2D eigenvalue weighted by Gasteiger charge is 2.44. The van der Waals surface area contributed by atoms with E-state index < -0.39 is 35.3 Å². The lowest BCUT2D eigenvalue weighted by Crippen LogP contribution is -2.40. The molecule has 0 amide bonds. The smallest absolute Gasteiger partial charge is 0.454 e. The zero-order valence-electron chi connectivity index (χ0n) is 17.6. The van der Waals surface area contributed by atoms with Crippen molar-refractivity contribution in [2.75, 3.05) is 14.2 Å². The molecule has 1 aromatic heterocycles. The average Bonchev–Trinajstić information content (AvgIpc) is 3.09. The monoisotopic (exact) mass is 446 g/mol. The first-order chi connectivity index (χ1) is 15.0. The van der Waals surface area contributed by atoms with Crippen LogP contribution in [0.15, 0.2) is 65.9 Å². The van der Waals surface area contributed by atoms with Crippen LogP contribution < -0.4 is 0 Å². The lowest BCUT2D eigenvalue weighted by Gasteiger charge is -2.32. The van der Waals surface area contributed by atoms with E-state index in [0.717, 1.165) is 30.2 Å². The number of aromatic nitrogens is 1. The maximum atomic E-state index is 13.3. The van der Waals surface area contributed by atoms with Crippen molar-refractivity contribution in [3.05, 3.63) is 71.6 Å². The summed E-state index contributed by atoms with van der Waals surface area (Å²) in [6, 6.07) is 7.87. The van der Waals surface area contributed by atoms with E-state index in [1.54, 1.807) is 17.7 Å². The molecule has 1 aliphatic rings. The molecule has 0 saturated heterocycles. The zero-order chi connectivity index (χ0) is 23.6. The van der Waals surface area contributed by atoms with Crippen LogP contribution in [0.3, 0.4) is 0 Å². The molecule has 9 heteroatoms. The van der Waals surface area contributed by atoms with Crippen molar-refractivity contribution >= 4 is 28.4 Å². The zero-order valence-corrected chi connectivity index (χ0v) is 17.6. The number of Topliss-reactive ketones (excluding diaryl/α,β-unsaturated/α-hetero) is 2. The number of nitrogens with zero attached hydrogens (tertiary/aromatic N) is 2. The third-order valence-electron chi connectivity index (χ3n) is 5.27. The minimum atomic E-state index is -5.11. The van der Waals surface area contributed by atoms with Crippen molar-refractivity contribution in [2.24, 2.45) is 7.05 Å². The lowest BCUT2D eigenvalue weighted by atomic mass is 9.91. The molecule has 0 spiro atoms. The van der Waals surface area contributed by atoms with Crippen LogP contribution in [-0.2, 0) is 21.4 Å². The highest BCUT2D eigenvalue weighted by atomic mass is 19.4. The van der Waals surface area contributed by atoms with E-state index in [4.69, 9.17) is 0 Å². The number of alkyl halides is 3. The van der Waals surface area contributed by atoms with E-state index >= 15 is 0 Å². The molecule has 3 rings (SSSR count). The van der Waals surface area contributed by atoms with Gasteiger partial charge in [0.1, 0.15) is 0 Å². The third kappa shape index (κ3) is 4.66. The molecule has 0 aliphatic carbocycles. The second kappa shape index (κ2) is 8.86.